The molecule has 3 N–H and O–H groups in total. The summed E-state index contributed by atoms with van der Waals surface area (Å²) in [6, 6.07) is 3.88. The monoisotopic (exact) mass is 258 g/mol. The lowest BCUT2D eigenvalue weighted by Crippen LogP contribution is -2.38. The maximum absolute atomic E-state index is 7.36. The minimum atomic E-state index is 0.0371. The summed E-state index contributed by atoms with van der Waals surface area (Å²) in [6.45, 7) is 2.28. The topological polar surface area (TPSA) is 66.0 Å². The standard InChI is InChI=1S/C15H22N4/c16-14(17)13-4-3-12(11-18-13)19-9-7-15(8-10-19)5-1-2-6-15/h3-4,11H,1-2,5-10H2,(H3,16,17). The molecule has 3 rings (SSSR count). The third-order valence-corrected chi connectivity index (χ3v) is 4.88. The Hall–Kier alpha value is -1.58. The van der Waals surface area contributed by atoms with Gasteiger partial charge in [0, 0.05) is 13.1 Å². The highest BCUT2D eigenvalue weighted by Gasteiger charge is 2.36. The van der Waals surface area contributed by atoms with Crippen molar-refractivity contribution in [2.45, 2.75) is 38.5 Å². The molecule has 0 atom stereocenters. The molecule has 2 fully saturated rings. The Bertz CT molecular complexity index is 450. The van der Waals surface area contributed by atoms with Crippen molar-refractivity contribution >= 4 is 11.5 Å². The molecule has 0 aromatic carbocycles. The fourth-order valence-electron chi connectivity index (χ4n) is 3.60. The van der Waals surface area contributed by atoms with Gasteiger partial charge in [0.2, 0.25) is 0 Å². The molecule has 1 aliphatic carbocycles. The molecule has 1 spiro atoms. The second kappa shape index (κ2) is 4.83. The second-order valence-electron chi connectivity index (χ2n) is 6.01. The van der Waals surface area contributed by atoms with E-state index in [1.165, 1.54) is 38.5 Å². The minimum Gasteiger partial charge on any atom is -0.382 e. The lowest BCUT2D eigenvalue weighted by Gasteiger charge is -2.40. The van der Waals surface area contributed by atoms with Gasteiger partial charge in [0.15, 0.2) is 0 Å². The molecule has 0 amide bonds. The first-order valence-corrected chi connectivity index (χ1v) is 7.24. The molecule has 19 heavy (non-hydrogen) atoms. The molecule has 0 radical (unpaired) electrons. The fourth-order valence-corrected chi connectivity index (χ4v) is 3.60. The summed E-state index contributed by atoms with van der Waals surface area (Å²) in [7, 11) is 0. The van der Waals surface area contributed by atoms with Gasteiger partial charge in [-0.15, -0.1) is 0 Å². The molecular weight excluding hydrogens is 236 g/mol. The lowest BCUT2D eigenvalue weighted by atomic mass is 9.77. The minimum absolute atomic E-state index is 0.0371. The van der Waals surface area contributed by atoms with Crippen LogP contribution in [0.3, 0.4) is 0 Å². The molecule has 2 aliphatic rings. The Labute approximate surface area is 114 Å². The van der Waals surface area contributed by atoms with E-state index in [9.17, 15) is 0 Å². The van der Waals surface area contributed by atoms with Crippen LogP contribution >= 0.6 is 0 Å². The number of pyridine rings is 1. The Morgan fingerprint density at radius 3 is 2.37 bits per heavy atom. The van der Waals surface area contributed by atoms with E-state index in [1.54, 1.807) is 0 Å². The number of amidine groups is 1. The summed E-state index contributed by atoms with van der Waals surface area (Å²) in [4.78, 5) is 6.67. The molecule has 1 aromatic rings. The zero-order valence-electron chi connectivity index (χ0n) is 11.4. The highest BCUT2D eigenvalue weighted by atomic mass is 15.1. The third kappa shape index (κ3) is 2.44. The number of hydrogen-bond acceptors (Lipinski definition) is 3. The number of nitrogens with zero attached hydrogens (tertiary/aromatic N) is 2. The predicted molar refractivity (Wildman–Crippen MR) is 77.6 cm³/mol. The van der Waals surface area contributed by atoms with E-state index in [0.29, 0.717) is 11.1 Å². The molecule has 0 unspecified atom stereocenters. The van der Waals surface area contributed by atoms with Crippen molar-refractivity contribution in [3.63, 3.8) is 0 Å². The quantitative estimate of drug-likeness (QED) is 0.633. The van der Waals surface area contributed by atoms with E-state index >= 15 is 0 Å². The first-order valence-electron chi connectivity index (χ1n) is 7.24. The van der Waals surface area contributed by atoms with E-state index in [2.05, 4.69) is 9.88 Å². The van der Waals surface area contributed by atoms with Gasteiger partial charge in [0.05, 0.1) is 11.9 Å². The number of nitrogens with two attached hydrogens (primary N) is 1. The van der Waals surface area contributed by atoms with Crippen LogP contribution in [0.5, 0.6) is 0 Å². The molecular formula is C15H22N4. The SMILES string of the molecule is N=C(N)c1ccc(N2CCC3(CCCC3)CC2)cn1. The summed E-state index contributed by atoms with van der Waals surface area (Å²) >= 11 is 0. The van der Waals surface area contributed by atoms with E-state index in [0.717, 1.165) is 18.8 Å². The van der Waals surface area contributed by atoms with Gasteiger partial charge in [-0.25, -0.2) is 0 Å². The van der Waals surface area contributed by atoms with Gasteiger partial charge in [-0.3, -0.25) is 10.4 Å². The Morgan fingerprint density at radius 1 is 1.16 bits per heavy atom. The van der Waals surface area contributed by atoms with Gasteiger partial charge in [-0.2, -0.15) is 0 Å². The first-order chi connectivity index (χ1) is 9.19. The predicted octanol–water partition coefficient (Wildman–Crippen LogP) is 2.53. The van der Waals surface area contributed by atoms with E-state index in [1.807, 2.05) is 18.3 Å². The maximum atomic E-state index is 7.36. The number of piperidine rings is 1. The van der Waals surface area contributed by atoms with Gasteiger partial charge in [0.1, 0.15) is 11.5 Å². The third-order valence-electron chi connectivity index (χ3n) is 4.88. The van der Waals surface area contributed by atoms with E-state index < -0.39 is 0 Å². The molecule has 1 aromatic heterocycles. The number of nitrogens with one attached hydrogen (secondary N) is 1. The molecule has 102 valence electrons. The van der Waals surface area contributed by atoms with Crippen LogP contribution < -0.4 is 10.6 Å². The number of anilines is 1. The molecule has 2 heterocycles. The summed E-state index contributed by atoms with van der Waals surface area (Å²) in [5, 5.41) is 7.36. The maximum Gasteiger partial charge on any atom is 0.141 e. The highest BCUT2D eigenvalue weighted by molar-refractivity contribution is 5.93. The highest BCUT2D eigenvalue weighted by Crippen LogP contribution is 2.46. The normalized spacial score (nSPS) is 21.8. The van der Waals surface area contributed by atoms with Crippen molar-refractivity contribution in [1.82, 2.24) is 4.98 Å². The average molecular weight is 258 g/mol. The van der Waals surface area contributed by atoms with Gasteiger partial charge in [-0.1, -0.05) is 12.8 Å². The molecule has 0 bridgehead atoms. The van der Waals surface area contributed by atoms with Crippen molar-refractivity contribution in [3.05, 3.63) is 24.0 Å². The summed E-state index contributed by atoms with van der Waals surface area (Å²) in [5.41, 5.74) is 7.81. The second-order valence-corrected chi connectivity index (χ2v) is 6.01. The van der Waals surface area contributed by atoms with Crippen molar-refractivity contribution in [2.24, 2.45) is 11.1 Å². The average Bonchev–Trinajstić information content (AvgIpc) is 2.88. The lowest BCUT2D eigenvalue weighted by molar-refractivity contribution is 0.226. The van der Waals surface area contributed by atoms with Gasteiger partial charge >= 0.3 is 0 Å². The van der Waals surface area contributed by atoms with Crippen LogP contribution in [0.2, 0.25) is 0 Å². The molecule has 4 nitrogen and oxygen atoms in total. The van der Waals surface area contributed by atoms with Crippen LogP contribution in [-0.4, -0.2) is 23.9 Å². The van der Waals surface area contributed by atoms with Crippen LogP contribution in [-0.2, 0) is 0 Å². The Kier molecular flexibility index (Phi) is 3.17. The number of hydrogen-bond donors (Lipinski definition) is 2. The first kappa shape index (κ1) is 12.5. The van der Waals surface area contributed by atoms with Crippen LogP contribution in [0.15, 0.2) is 18.3 Å². The Balaban J connectivity index is 1.66. The molecule has 1 aliphatic heterocycles. The summed E-state index contributed by atoms with van der Waals surface area (Å²) in [5.74, 6) is 0.0371. The van der Waals surface area contributed by atoms with Gasteiger partial charge < -0.3 is 10.6 Å². The smallest absolute Gasteiger partial charge is 0.141 e. The van der Waals surface area contributed by atoms with Crippen LogP contribution in [0.25, 0.3) is 0 Å². The Morgan fingerprint density at radius 2 is 1.84 bits per heavy atom. The van der Waals surface area contributed by atoms with Crippen molar-refractivity contribution in [2.75, 3.05) is 18.0 Å². The summed E-state index contributed by atoms with van der Waals surface area (Å²) < 4.78 is 0. The number of nitrogen functional groups attached to an aromatic ring is 1. The summed E-state index contributed by atoms with van der Waals surface area (Å²) in [6.07, 6.45) is 10.2. The van der Waals surface area contributed by atoms with Crippen molar-refractivity contribution in [3.8, 4) is 0 Å². The van der Waals surface area contributed by atoms with Crippen molar-refractivity contribution in [1.29, 1.82) is 5.41 Å². The van der Waals surface area contributed by atoms with Crippen LogP contribution in [0.1, 0.15) is 44.2 Å². The fraction of sp³-hybridized carbons (Fsp3) is 0.600. The number of aromatic nitrogens is 1. The van der Waals surface area contributed by atoms with E-state index in [4.69, 9.17) is 11.1 Å². The molecule has 4 heteroatoms. The van der Waals surface area contributed by atoms with Crippen molar-refractivity contribution < 1.29 is 0 Å². The van der Waals surface area contributed by atoms with Gasteiger partial charge in [0.25, 0.3) is 0 Å². The van der Waals surface area contributed by atoms with Crippen LogP contribution in [0, 0.1) is 10.8 Å². The van der Waals surface area contributed by atoms with Gasteiger partial charge in [-0.05, 0) is 43.2 Å². The molecule has 1 saturated heterocycles. The number of rotatable bonds is 2. The van der Waals surface area contributed by atoms with E-state index in [-0.39, 0.29) is 5.84 Å². The largest absolute Gasteiger partial charge is 0.382 e. The zero-order valence-corrected chi connectivity index (χ0v) is 11.4. The zero-order chi connectivity index (χ0) is 13.3. The van der Waals surface area contributed by atoms with Crippen LogP contribution in [0.4, 0.5) is 5.69 Å². The molecule has 1 saturated carbocycles.